The highest BCUT2D eigenvalue weighted by molar-refractivity contribution is 7.10. The van der Waals surface area contributed by atoms with Crippen LogP contribution in [0.2, 0.25) is 0 Å². The lowest BCUT2D eigenvalue weighted by Crippen LogP contribution is -1.92. The summed E-state index contributed by atoms with van der Waals surface area (Å²) in [6, 6.07) is 10.1. The van der Waals surface area contributed by atoms with Gasteiger partial charge in [-0.2, -0.15) is 9.64 Å². The van der Waals surface area contributed by atoms with Gasteiger partial charge >= 0.3 is 0 Å². The van der Waals surface area contributed by atoms with Crippen molar-refractivity contribution < 1.29 is 0 Å². The van der Waals surface area contributed by atoms with Gasteiger partial charge in [0.2, 0.25) is 0 Å². The number of anilines is 2. The van der Waals surface area contributed by atoms with E-state index in [0.29, 0.717) is 5.56 Å². The van der Waals surface area contributed by atoms with Crippen LogP contribution in [0.3, 0.4) is 0 Å². The number of hydrogen-bond acceptors (Lipinski definition) is 5. The van der Waals surface area contributed by atoms with E-state index in [9.17, 15) is 0 Å². The summed E-state index contributed by atoms with van der Waals surface area (Å²) in [5.74, 6) is 0. The number of benzene rings is 1. The van der Waals surface area contributed by atoms with Crippen LogP contribution in [-0.2, 0) is 0 Å². The van der Waals surface area contributed by atoms with Crippen LogP contribution in [0, 0.1) is 18.3 Å². The molecule has 0 aliphatic rings. The summed E-state index contributed by atoms with van der Waals surface area (Å²) in [5, 5.41) is 15.3. The first-order chi connectivity index (χ1) is 9.29. The van der Waals surface area contributed by atoms with Crippen LogP contribution in [0.5, 0.6) is 0 Å². The van der Waals surface area contributed by atoms with Gasteiger partial charge in [-0.05, 0) is 36.0 Å². The Bertz CT molecular complexity index is 780. The zero-order chi connectivity index (χ0) is 13.2. The quantitative estimate of drug-likeness (QED) is 0.769. The fourth-order valence-electron chi connectivity index (χ4n) is 1.93. The average molecular weight is 266 g/mol. The van der Waals surface area contributed by atoms with Crippen LogP contribution in [-0.4, -0.2) is 9.36 Å². The molecule has 2 aromatic heterocycles. The minimum absolute atomic E-state index is 0.603. The molecule has 19 heavy (non-hydrogen) atoms. The van der Waals surface area contributed by atoms with Gasteiger partial charge in [0.05, 0.1) is 5.69 Å². The maximum Gasteiger partial charge on any atom is 0.132 e. The van der Waals surface area contributed by atoms with E-state index in [0.717, 1.165) is 27.2 Å². The summed E-state index contributed by atoms with van der Waals surface area (Å²) in [4.78, 5) is 4.15. The van der Waals surface area contributed by atoms with Crippen molar-refractivity contribution in [2.24, 2.45) is 0 Å². The highest BCUT2D eigenvalue weighted by Gasteiger charge is 2.11. The van der Waals surface area contributed by atoms with Crippen LogP contribution in [0.4, 0.5) is 10.7 Å². The van der Waals surface area contributed by atoms with Crippen molar-refractivity contribution >= 4 is 33.0 Å². The van der Waals surface area contributed by atoms with E-state index >= 15 is 0 Å². The molecule has 0 bridgehead atoms. The van der Waals surface area contributed by atoms with Crippen LogP contribution < -0.4 is 5.32 Å². The Balaban J connectivity index is 2.09. The summed E-state index contributed by atoms with van der Waals surface area (Å²) in [7, 11) is 0. The highest BCUT2D eigenvalue weighted by atomic mass is 32.1. The van der Waals surface area contributed by atoms with Crippen molar-refractivity contribution in [1.29, 1.82) is 5.26 Å². The van der Waals surface area contributed by atoms with Gasteiger partial charge in [-0.15, -0.1) is 0 Å². The number of nitriles is 1. The number of aryl methyl sites for hydroxylation is 1. The molecule has 0 aliphatic carbocycles. The predicted octanol–water partition coefficient (Wildman–Crippen LogP) is 3.62. The zero-order valence-electron chi connectivity index (χ0n) is 10.2. The third-order valence-corrected chi connectivity index (χ3v) is 3.76. The Kier molecular flexibility index (Phi) is 2.86. The van der Waals surface area contributed by atoms with Gasteiger partial charge in [-0.25, -0.2) is 0 Å². The Hall–Kier alpha value is -2.45. The monoisotopic (exact) mass is 266 g/mol. The Morgan fingerprint density at radius 1 is 1.32 bits per heavy atom. The van der Waals surface area contributed by atoms with Crippen molar-refractivity contribution in [1.82, 2.24) is 9.36 Å². The van der Waals surface area contributed by atoms with E-state index < -0.39 is 0 Å². The normalized spacial score (nSPS) is 10.3. The topological polar surface area (TPSA) is 61.6 Å². The number of hydrogen-bond donors (Lipinski definition) is 1. The summed E-state index contributed by atoms with van der Waals surface area (Å²) in [6.45, 7) is 1.84. The first kappa shape index (κ1) is 11.6. The van der Waals surface area contributed by atoms with Crippen molar-refractivity contribution in [2.75, 3.05) is 5.32 Å². The van der Waals surface area contributed by atoms with Gasteiger partial charge in [0.15, 0.2) is 0 Å². The Labute approximate surface area is 114 Å². The van der Waals surface area contributed by atoms with Crippen LogP contribution in [0.25, 0.3) is 10.8 Å². The van der Waals surface area contributed by atoms with Gasteiger partial charge in [0.25, 0.3) is 0 Å². The third kappa shape index (κ3) is 2.02. The van der Waals surface area contributed by atoms with Crippen molar-refractivity contribution in [3.05, 3.63) is 47.9 Å². The second-order valence-corrected chi connectivity index (χ2v) is 4.88. The molecule has 2 heterocycles. The molecule has 5 heteroatoms. The Morgan fingerprint density at radius 2 is 2.21 bits per heavy atom. The van der Waals surface area contributed by atoms with E-state index in [1.54, 1.807) is 6.20 Å². The number of nitrogens with zero attached hydrogens (tertiary/aromatic N) is 3. The lowest BCUT2D eigenvalue weighted by molar-refractivity contribution is 1.31. The minimum atomic E-state index is 0.603. The van der Waals surface area contributed by atoms with Crippen molar-refractivity contribution in [3.63, 3.8) is 0 Å². The fraction of sp³-hybridized carbons (Fsp3) is 0.0714. The largest absolute Gasteiger partial charge is 0.344 e. The molecule has 0 amide bonds. The summed E-state index contributed by atoms with van der Waals surface area (Å²) in [5.41, 5.74) is 2.30. The molecule has 0 saturated heterocycles. The number of pyridine rings is 1. The highest BCUT2D eigenvalue weighted by Crippen LogP contribution is 2.30. The Morgan fingerprint density at radius 3 is 3.05 bits per heavy atom. The summed E-state index contributed by atoms with van der Waals surface area (Å²) in [6.07, 6.45) is 3.58. The van der Waals surface area contributed by atoms with Gasteiger partial charge in [-0.1, -0.05) is 12.1 Å². The molecule has 4 nitrogen and oxygen atoms in total. The first-order valence-electron chi connectivity index (χ1n) is 5.76. The van der Waals surface area contributed by atoms with Crippen LogP contribution in [0.15, 0.2) is 36.7 Å². The van der Waals surface area contributed by atoms with E-state index in [1.807, 2.05) is 37.4 Å². The molecule has 1 aromatic carbocycles. The predicted molar refractivity (Wildman–Crippen MR) is 76.6 cm³/mol. The first-order valence-corrected chi connectivity index (χ1v) is 6.53. The molecule has 92 valence electrons. The van der Waals surface area contributed by atoms with E-state index in [4.69, 9.17) is 5.26 Å². The van der Waals surface area contributed by atoms with E-state index in [1.165, 1.54) is 11.5 Å². The zero-order valence-corrected chi connectivity index (χ0v) is 11.0. The van der Waals surface area contributed by atoms with Crippen molar-refractivity contribution in [2.45, 2.75) is 6.92 Å². The second-order valence-electron chi connectivity index (χ2n) is 4.11. The molecule has 0 saturated carbocycles. The molecule has 1 N–H and O–H groups in total. The lowest BCUT2D eigenvalue weighted by Gasteiger charge is -2.07. The molecule has 0 fully saturated rings. The molecule has 0 atom stereocenters. The van der Waals surface area contributed by atoms with Gasteiger partial charge < -0.3 is 5.32 Å². The SMILES string of the molecule is Cc1nsc(Nc2cccc3ccncc23)c1C#N. The summed E-state index contributed by atoms with van der Waals surface area (Å²) >= 11 is 1.30. The van der Waals surface area contributed by atoms with Crippen LogP contribution >= 0.6 is 11.5 Å². The average Bonchev–Trinajstić information content (AvgIpc) is 2.79. The molecule has 3 rings (SSSR count). The molecular weight excluding hydrogens is 256 g/mol. The third-order valence-electron chi connectivity index (χ3n) is 2.91. The molecule has 0 unspecified atom stereocenters. The van der Waals surface area contributed by atoms with Gasteiger partial charge in [0, 0.05) is 23.5 Å². The number of fused-ring (bicyclic) bond motifs is 1. The molecule has 0 radical (unpaired) electrons. The van der Waals surface area contributed by atoms with E-state index in [-0.39, 0.29) is 0 Å². The fourth-order valence-corrected chi connectivity index (χ4v) is 2.69. The summed E-state index contributed by atoms with van der Waals surface area (Å²) < 4.78 is 4.20. The molecule has 3 aromatic rings. The number of rotatable bonds is 2. The minimum Gasteiger partial charge on any atom is -0.344 e. The maximum atomic E-state index is 9.14. The lowest BCUT2D eigenvalue weighted by atomic mass is 10.1. The smallest absolute Gasteiger partial charge is 0.132 e. The van der Waals surface area contributed by atoms with Crippen molar-refractivity contribution in [3.8, 4) is 6.07 Å². The van der Waals surface area contributed by atoms with Gasteiger partial charge in [-0.3, -0.25) is 4.98 Å². The number of aromatic nitrogens is 2. The molecule has 0 spiro atoms. The number of nitrogens with one attached hydrogen (secondary N) is 1. The molecule has 0 aliphatic heterocycles. The second kappa shape index (κ2) is 4.67. The van der Waals surface area contributed by atoms with Crippen LogP contribution in [0.1, 0.15) is 11.3 Å². The standard InChI is InChI=1S/C14H10N4S/c1-9-11(7-15)14(19-18-9)17-13-4-2-3-10-5-6-16-8-12(10)13/h2-6,8,17H,1H3. The van der Waals surface area contributed by atoms with E-state index in [2.05, 4.69) is 20.7 Å². The van der Waals surface area contributed by atoms with Gasteiger partial charge in [0.1, 0.15) is 16.6 Å². The molecular formula is C14H10N4S. The maximum absolute atomic E-state index is 9.14.